The lowest BCUT2D eigenvalue weighted by Gasteiger charge is -2.30. The summed E-state index contributed by atoms with van der Waals surface area (Å²) in [5.41, 5.74) is 1.38. The zero-order valence-electron chi connectivity index (χ0n) is 12.9. The van der Waals surface area contributed by atoms with Crippen molar-refractivity contribution in [3.05, 3.63) is 29.8 Å². The van der Waals surface area contributed by atoms with Gasteiger partial charge in [-0.2, -0.15) is 11.8 Å². The molecule has 3 heteroatoms. The molecule has 1 fully saturated rings. The average molecular weight is 293 g/mol. The van der Waals surface area contributed by atoms with Gasteiger partial charge in [0.05, 0.1) is 7.11 Å². The van der Waals surface area contributed by atoms with Crippen molar-refractivity contribution in [2.24, 2.45) is 0 Å². The van der Waals surface area contributed by atoms with Gasteiger partial charge < -0.3 is 10.1 Å². The first kappa shape index (κ1) is 15.7. The molecule has 1 aliphatic rings. The van der Waals surface area contributed by atoms with E-state index >= 15 is 0 Å². The standard InChI is InChI=1S/C17H27NOS/c1-13(12-14-4-8-16(19-2)9-5-14)18-15-6-10-17(20-3)11-7-15/h4-5,8-9,13,15,17-18H,6-7,10-12H2,1-3H3. The number of hydrogen-bond donors (Lipinski definition) is 1. The molecule has 2 nitrogen and oxygen atoms in total. The molecule has 0 amide bonds. The van der Waals surface area contributed by atoms with E-state index in [4.69, 9.17) is 4.74 Å². The van der Waals surface area contributed by atoms with E-state index < -0.39 is 0 Å². The van der Waals surface area contributed by atoms with Gasteiger partial charge in [0, 0.05) is 17.3 Å². The van der Waals surface area contributed by atoms with E-state index in [1.54, 1.807) is 7.11 Å². The Morgan fingerprint density at radius 3 is 2.40 bits per heavy atom. The van der Waals surface area contributed by atoms with Crippen molar-refractivity contribution >= 4 is 11.8 Å². The number of nitrogens with one attached hydrogen (secondary N) is 1. The monoisotopic (exact) mass is 293 g/mol. The largest absolute Gasteiger partial charge is 0.497 e. The summed E-state index contributed by atoms with van der Waals surface area (Å²) >= 11 is 2.03. The highest BCUT2D eigenvalue weighted by Gasteiger charge is 2.21. The number of benzene rings is 1. The van der Waals surface area contributed by atoms with E-state index in [2.05, 4.69) is 30.6 Å². The Morgan fingerprint density at radius 2 is 1.85 bits per heavy atom. The number of thioether (sulfide) groups is 1. The number of methoxy groups -OCH3 is 1. The Balaban J connectivity index is 1.76. The normalized spacial score (nSPS) is 24.4. The Bertz CT molecular complexity index is 384. The lowest BCUT2D eigenvalue weighted by molar-refractivity contribution is 0.348. The number of ether oxygens (including phenoxy) is 1. The third-order valence-electron chi connectivity index (χ3n) is 4.23. The van der Waals surface area contributed by atoms with Crippen LogP contribution in [0.4, 0.5) is 0 Å². The summed E-state index contributed by atoms with van der Waals surface area (Å²) in [6.07, 6.45) is 8.73. The van der Waals surface area contributed by atoms with Crippen molar-refractivity contribution in [1.29, 1.82) is 0 Å². The first-order chi connectivity index (χ1) is 9.71. The molecular weight excluding hydrogens is 266 g/mol. The van der Waals surface area contributed by atoms with Crippen LogP contribution in [0.5, 0.6) is 5.75 Å². The molecule has 0 aromatic heterocycles. The quantitative estimate of drug-likeness (QED) is 0.860. The van der Waals surface area contributed by atoms with Gasteiger partial charge in [0.15, 0.2) is 0 Å². The fraction of sp³-hybridized carbons (Fsp3) is 0.647. The Hall–Kier alpha value is -0.670. The van der Waals surface area contributed by atoms with Crippen LogP contribution in [0.25, 0.3) is 0 Å². The lowest BCUT2D eigenvalue weighted by atomic mass is 9.94. The van der Waals surface area contributed by atoms with Gasteiger partial charge in [-0.15, -0.1) is 0 Å². The zero-order chi connectivity index (χ0) is 14.4. The Labute approximate surface area is 127 Å². The van der Waals surface area contributed by atoms with Crippen LogP contribution in [0.3, 0.4) is 0 Å². The second kappa shape index (κ2) is 7.94. The summed E-state index contributed by atoms with van der Waals surface area (Å²) < 4.78 is 5.20. The van der Waals surface area contributed by atoms with Crippen molar-refractivity contribution in [2.75, 3.05) is 13.4 Å². The molecule has 1 N–H and O–H groups in total. The van der Waals surface area contributed by atoms with Crippen LogP contribution >= 0.6 is 11.8 Å². The fourth-order valence-electron chi connectivity index (χ4n) is 3.04. The SMILES string of the molecule is COc1ccc(CC(C)NC2CCC(SC)CC2)cc1. The van der Waals surface area contributed by atoms with Crippen LogP contribution in [0.2, 0.25) is 0 Å². The highest BCUT2D eigenvalue weighted by atomic mass is 32.2. The van der Waals surface area contributed by atoms with E-state index in [0.29, 0.717) is 12.1 Å². The molecule has 0 heterocycles. The van der Waals surface area contributed by atoms with Gasteiger partial charge in [-0.25, -0.2) is 0 Å². The third-order valence-corrected chi connectivity index (χ3v) is 5.37. The van der Waals surface area contributed by atoms with Crippen LogP contribution in [0, 0.1) is 0 Å². The maximum absolute atomic E-state index is 5.20. The fourth-order valence-corrected chi connectivity index (χ4v) is 3.79. The molecule has 0 aliphatic heterocycles. The van der Waals surface area contributed by atoms with Crippen molar-refractivity contribution in [1.82, 2.24) is 5.32 Å². The van der Waals surface area contributed by atoms with Gasteiger partial charge in [-0.05, 0) is 63.0 Å². The second-order valence-corrected chi connectivity index (χ2v) is 6.97. The van der Waals surface area contributed by atoms with Crippen molar-refractivity contribution in [3.63, 3.8) is 0 Å². The minimum atomic E-state index is 0.541. The average Bonchev–Trinajstić information content (AvgIpc) is 2.49. The minimum absolute atomic E-state index is 0.541. The summed E-state index contributed by atoms with van der Waals surface area (Å²) in [4.78, 5) is 0. The highest BCUT2D eigenvalue weighted by molar-refractivity contribution is 7.99. The number of hydrogen-bond acceptors (Lipinski definition) is 3. The Kier molecular flexibility index (Phi) is 6.24. The summed E-state index contributed by atoms with van der Waals surface area (Å²) in [6.45, 7) is 2.30. The summed E-state index contributed by atoms with van der Waals surface area (Å²) in [6, 6.07) is 9.69. The van der Waals surface area contributed by atoms with E-state index in [9.17, 15) is 0 Å². The maximum Gasteiger partial charge on any atom is 0.118 e. The van der Waals surface area contributed by atoms with Crippen molar-refractivity contribution < 1.29 is 4.74 Å². The molecule has 1 saturated carbocycles. The molecule has 2 rings (SSSR count). The van der Waals surface area contributed by atoms with E-state index in [-0.39, 0.29) is 0 Å². The van der Waals surface area contributed by atoms with Crippen LogP contribution < -0.4 is 10.1 Å². The molecule has 0 radical (unpaired) electrons. The van der Waals surface area contributed by atoms with Crippen LogP contribution in [-0.2, 0) is 6.42 Å². The van der Waals surface area contributed by atoms with E-state index in [1.807, 2.05) is 23.9 Å². The summed E-state index contributed by atoms with van der Waals surface area (Å²) in [5.74, 6) is 0.935. The van der Waals surface area contributed by atoms with Gasteiger partial charge in [0.2, 0.25) is 0 Å². The van der Waals surface area contributed by atoms with Gasteiger partial charge in [-0.3, -0.25) is 0 Å². The van der Waals surface area contributed by atoms with E-state index in [0.717, 1.165) is 17.4 Å². The Morgan fingerprint density at radius 1 is 1.20 bits per heavy atom. The second-order valence-electron chi connectivity index (χ2n) is 5.83. The first-order valence-electron chi connectivity index (χ1n) is 7.63. The van der Waals surface area contributed by atoms with Crippen molar-refractivity contribution in [3.8, 4) is 5.75 Å². The van der Waals surface area contributed by atoms with Gasteiger partial charge >= 0.3 is 0 Å². The number of rotatable bonds is 6. The molecule has 20 heavy (non-hydrogen) atoms. The van der Waals surface area contributed by atoms with Gasteiger partial charge in [0.1, 0.15) is 5.75 Å². The maximum atomic E-state index is 5.20. The van der Waals surface area contributed by atoms with E-state index in [1.165, 1.54) is 31.2 Å². The highest BCUT2D eigenvalue weighted by Crippen LogP contribution is 2.27. The molecule has 1 aromatic rings. The lowest BCUT2D eigenvalue weighted by Crippen LogP contribution is -2.40. The molecular formula is C17H27NOS. The molecule has 1 unspecified atom stereocenters. The van der Waals surface area contributed by atoms with Crippen LogP contribution in [-0.4, -0.2) is 30.7 Å². The molecule has 0 bridgehead atoms. The zero-order valence-corrected chi connectivity index (χ0v) is 13.7. The summed E-state index contributed by atoms with van der Waals surface area (Å²) in [5, 5.41) is 4.69. The van der Waals surface area contributed by atoms with Gasteiger partial charge in [-0.1, -0.05) is 12.1 Å². The molecule has 0 saturated heterocycles. The predicted octanol–water partition coefficient (Wildman–Crippen LogP) is 3.89. The van der Waals surface area contributed by atoms with Crippen LogP contribution in [0.1, 0.15) is 38.2 Å². The topological polar surface area (TPSA) is 21.3 Å². The molecule has 1 aromatic carbocycles. The third kappa shape index (κ3) is 4.71. The molecule has 1 atom stereocenters. The van der Waals surface area contributed by atoms with Crippen LogP contribution in [0.15, 0.2) is 24.3 Å². The molecule has 0 spiro atoms. The predicted molar refractivity (Wildman–Crippen MR) is 88.9 cm³/mol. The minimum Gasteiger partial charge on any atom is -0.497 e. The summed E-state index contributed by atoms with van der Waals surface area (Å²) in [7, 11) is 1.71. The first-order valence-corrected chi connectivity index (χ1v) is 8.92. The van der Waals surface area contributed by atoms with Gasteiger partial charge in [0.25, 0.3) is 0 Å². The van der Waals surface area contributed by atoms with Crippen molar-refractivity contribution in [2.45, 2.75) is 56.4 Å². The smallest absolute Gasteiger partial charge is 0.118 e. The molecule has 1 aliphatic carbocycles. The molecule has 112 valence electrons.